The summed E-state index contributed by atoms with van der Waals surface area (Å²) in [5, 5.41) is 0. The molecule has 27 heavy (non-hydrogen) atoms. The largest absolute Gasteiger partial charge is 0.381 e. The van der Waals surface area contributed by atoms with Crippen molar-refractivity contribution < 1.29 is 4.74 Å². The standard InChI is InChI=1S/C25H53NO/c1-4-7-8-9-10-11-12-13-14-15-16-17-18-19-20-21-24-27-25-22-23-26(5-2)6-3/h4-25H2,1-3H3. The van der Waals surface area contributed by atoms with Crippen molar-refractivity contribution in [3.8, 4) is 0 Å². The predicted molar refractivity (Wildman–Crippen MR) is 123 cm³/mol. The highest BCUT2D eigenvalue weighted by Crippen LogP contribution is 2.13. The van der Waals surface area contributed by atoms with Crippen LogP contribution < -0.4 is 0 Å². The van der Waals surface area contributed by atoms with Crippen LogP contribution in [0.25, 0.3) is 0 Å². The monoisotopic (exact) mass is 383 g/mol. The molecule has 0 aromatic carbocycles. The van der Waals surface area contributed by atoms with Gasteiger partial charge >= 0.3 is 0 Å². The summed E-state index contributed by atoms with van der Waals surface area (Å²) in [6, 6.07) is 0. The van der Waals surface area contributed by atoms with Gasteiger partial charge in [-0.15, -0.1) is 0 Å². The molecule has 2 heteroatoms. The van der Waals surface area contributed by atoms with Gasteiger partial charge in [-0.1, -0.05) is 117 Å². The first-order valence-corrected chi connectivity index (χ1v) is 12.6. The van der Waals surface area contributed by atoms with Gasteiger partial charge in [-0.25, -0.2) is 0 Å². The molecule has 0 atom stereocenters. The van der Waals surface area contributed by atoms with Crippen LogP contribution in [0.5, 0.6) is 0 Å². The molecule has 0 saturated heterocycles. The maximum atomic E-state index is 5.77. The zero-order valence-electron chi connectivity index (χ0n) is 19.4. The molecular formula is C25H53NO. The van der Waals surface area contributed by atoms with Gasteiger partial charge in [0.05, 0.1) is 0 Å². The van der Waals surface area contributed by atoms with Gasteiger partial charge in [-0.2, -0.15) is 0 Å². The summed E-state index contributed by atoms with van der Waals surface area (Å²) >= 11 is 0. The second-order valence-electron chi connectivity index (χ2n) is 8.30. The van der Waals surface area contributed by atoms with E-state index in [2.05, 4.69) is 25.7 Å². The molecule has 0 N–H and O–H groups in total. The van der Waals surface area contributed by atoms with E-state index in [0.29, 0.717) is 0 Å². The van der Waals surface area contributed by atoms with Gasteiger partial charge in [0.1, 0.15) is 0 Å². The van der Waals surface area contributed by atoms with Crippen molar-refractivity contribution in [2.45, 2.75) is 130 Å². The van der Waals surface area contributed by atoms with Gasteiger partial charge in [-0.05, 0) is 25.9 Å². The number of hydrogen-bond donors (Lipinski definition) is 0. The Morgan fingerprint density at radius 2 is 0.815 bits per heavy atom. The van der Waals surface area contributed by atoms with E-state index in [1.54, 1.807) is 0 Å². The number of ether oxygens (including phenoxy) is 1. The van der Waals surface area contributed by atoms with Crippen LogP contribution in [0.15, 0.2) is 0 Å². The first kappa shape index (κ1) is 26.9. The fourth-order valence-corrected chi connectivity index (χ4v) is 3.78. The number of nitrogens with zero attached hydrogens (tertiary/aromatic N) is 1. The SMILES string of the molecule is CCCCCCCCCCCCCCCCCCOCCCN(CC)CC. The normalized spacial score (nSPS) is 11.6. The van der Waals surface area contributed by atoms with Crippen molar-refractivity contribution in [2.24, 2.45) is 0 Å². The van der Waals surface area contributed by atoms with Gasteiger partial charge in [0.25, 0.3) is 0 Å². The molecule has 0 fully saturated rings. The molecular weight excluding hydrogens is 330 g/mol. The molecule has 0 aromatic heterocycles. The van der Waals surface area contributed by atoms with Crippen LogP contribution in [0.3, 0.4) is 0 Å². The van der Waals surface area contributed by atoms with Crippen LogP contribution >= 0.6 is 0 Å². The molecule has 2 nitrogen and oxygen atoms in total. The van der Waals surface area contributed by atoms with E-state index in [4.69, 9.17) is 4.74 Å². The third-order valence-electron chi connectivity index (χ3n) is 5.80. The average Bonchev–Trinajstić information content (AvgIpc) is 2.69. The Morgan fingerprint density at radius 1 is 0.444 bits per heavy atom. The molecule has 0 radical (unpaired) electrons. The number of hydrogen-bond acceptors (Lipinski definition) is 2. The van der Waals surface area contributed by atoms with Crippen molar-refractivity contribution in [3.63, 3.8) is 0 Å². The minimum absolute atomic E-state index is 0.940. The lowest BCUT2D eigenvalue weighted by Crippen LogP contribution is -2.24. The Labute approximate surface area is 172 Å². The molecule has 0 heterocycles. The van der Waals surface area contributed by atoms with Crippen molar-refractivity contribution in [3.05, 3.63) is 0 Å². The summed E-state index contributed by atoms with van der Waals surface area (Å²) < 4.78 is 5.77. The predicted octanol–water partition coefficient (Wildman–Crippen LogP) is 8.00. The topological polar surface area (TPSA) is 12.5 Å². The first-order chi connectivity index (χ1) is 13.3. The summed E-state index contributed by atoms with van der Waals surface area (Å²) in [6.45, 7) is 12.2. The van der Waals surface area contributed by atoms with Crippen LogP contribution in [0.1, 0.15) is 130 Å². The minimum Gasteiger partial charge on any atom is -0.381 e. The highest BCUT2D eigenvalue weighted by atomic mass is 16.5. The van der Waals surface area contributed by atoms with Crippen molar-refractivity contribution in [1.82, 2.24) is 4.90 Å². The third-order valence-corrected chi connectivity index (χ3v) is 5.80. The fraction of sp³-hybridized carbons (Fsp3) is 1.00. The molecule has 0 aromatic rings. The van der Waals surface area contributed by atoms with Gasteiger partial charge in [0.2, 0.25) is 0 Å². The summed E-state index contributed by atoms with van der Waals surface area (Å²) in [5.74, 6) is 0. The van der Waals surface area contributed by atoms with Crippen LogP contribution in [-0.4, -0.2) is 37.7 Å². The van der Waals surface area contributed by atoms with Crippen LogP contribution in [0, 0.1) is 0 Å². The summed E-state index contributed by atoms with van der Waals surface area (Å²) in [7, 11) is 0. The molecule has 0 rings (SSSR count). The Morgan fingerprint density at radius 3 is 1.22 bits per heavy atom. The van der Waals surface area contributed by atoms with E-state index in [-0.39, 0.29) is 0 Å². The highest BCUT2D eigenvalue weighted by molar-refractivity contribution is 4.52. The molecule has 0 unspecified atom stereocenters. The van der Waals surface area contributed by atoms with Crippen LogP contribution in [0.2, 0.25) is 0 Å². The lowest BCUT2D eigenvalue weighted by Gasteiger charge is -2.17. The van der Waals surface area contributed by atoms with Crippen LogP contribution in [0.4, 0.5) is 0 Å². The number of unbranched alkanes of at least 4 members (excludes halogenated alkanes) is 15. The van der Waals surface area contributed by atoms with Gasteiger partial charge in [-0.3, -0.25) is 0 Å². The second kappa shape index (κ2) is 24.0. The van der Waals surface area contributed by atoms with E-state index in [1.807, 2.05) is 0 Å². The summed E-state index contributed by atoms with van der Waals surface area (Å²) in [4.78, 5) is 2.47. The van der Waals surface area contributed by atoms with E-state index in [1.165, 1.54) is 116 Å². The Hall–Kier alpha value is -0.0800. The van der Waals surface area contributed by atoms with Crippen molar-refractivity contribution in [2.75, 3.05) is 32.8 Å². The molecule has 0 aliphatic rings. The molecule has 164 valence electrons. The van der Waals surface area contributed by atoms with Crippen LogP contribution in [-0.2, 0) is 4.74 Å². The zero-order chi connectivity index (χ0) is 19.8. The Balaban J connectivity index is 3.03. The van der Waals surface area contributed by atoms with E-state index < -0.39 is 0 Å². The molecule has 0 aliphatic carbocycles. The molecule has 0 saturated carbocycles. The summed E-state index contributed by atoms with van der Waals surface area (Å²) in [5.41, 5.74) is 0. The minimum atomic E-state index is 0.940. The zero-order valence-corrected chi connectivity index (χ0v) is 19.4. The third kappa shape index (κ3) is 22.1. The lowest BCUT2D eigenvalue weighted by molar-refractivity contribution is 0.118. The Kier molecular flexibility index (Phi) is 23.9. The molecule has 0 aliphatic heterocycles. The highest BCUT2D eigenvalue weighted by Gasteiger charge is 1.98. The van der Waals surface area contributed by atoms with Crippen molar-refractivity contribution in [1.29, 1.82) is 0 Å². The average molecular weight is 384 g/mol. The quantitative estimate of drug-likeness (QED) is 0.166. The number of rotatable bonds is 23. The lowest BCUT2D eigenvalue weighted by atomic mass is 10.0. The molecule has 0 spiro atoms. The van der Waals surface area contributed by atoms with Crippen molar-refractivity contribution >= 4 is 0 Å². The molecule has 0 amide bonds. The molecule has 0 bridgehead atoms. The fourth-order valence-electron chi connectivity index (χ4n) is 3.78. The second-order valence-corrected chi connectivity index (χ2v) is 8.30. The van der Waals surface area contributed by atoms with E-state index >= 15 is 0 Å². The maximum Gasteiger partial charge on any atom is 0.0478 e. The van der Waals surface area contributed by atoms with E-state index in [0.717, 1.165) is 26.3 Å². The van der Waals surface area contributed by atoms with Gasteiger partial charge in [0.15, 0.2) is 0 Å². The smallest absolute Gasteiger partial charge is 0.0478 e. The first-order valence-electron chi connectivity index (χ1n) is 12.6. The van der Waals surface area contributed by atoms with E-state index in [9.17, 15) is 0 Å². The maximum absolute atomic E-state index is 5.77. The summed E-state index contributed by atoms with van der Waals surface area (Å²) in [6.07, 6.45) is 24.1. The van der Waals surface area contributed by atoms with Gasteiger partial charge in [0, 0.05) is 19.8 Å². The Bertz CT molecular complexity index is 253. The van der Waals surface area contributed by atoms with Gasteiger partial charge < -0.3 is 9.64 Å².